The van der Waals surface area contributed by atoms with Crippen molar-refractivity contribution >= 4 is 32.4 Å². The standard InChI is InChI=1S/C37H37N2O/c1-3-21-40-37(33-17-19-38-35-16-10-9-15-32(33)35)36-23-27-18-20-39(36,24-26(27)4-2)25-34-30-13-7-5-11-28(30)22-29-12-6-8-14-31(29)34/h3-17,19,22,26-27,36-37H,1-2,18,20-21,23-25H2/q+1/t26?,27?,36-,37+,39+/m0/s1. The van der Waals surface area contributed by atoms with Crippen molar-refractivity contribution < 1.29 is 9.22 Å². The second-order valence-electron chi connectivity index (χ2n) is 11.8. The summed E-state index contributed by atoms with van der Waals surface area (Å²) in [5, 5.41) is 6.56. The maximum absolute atomic E-state index is 6.80. The Labute approximate surface area is 237 Å². The molecule has 0 amide bonds. The van der Waals surface area contributed by atoms with E-state index in [9.17, 15) is 0 Å². The van der Waals surface area contributed by atoms with Gasteiger partial charge in [-0.3, -0.25) is 4.98 Å². The Hall–Kier alpha value is -3.79. The van der Waals surface area contributed by atoms with Crippen molar-refractivity contribution in [1.82, 2.24) is 4.98 Å². The molecule has 0 saturated carbocycles. The molecule has 0 aliphatic carbocycles. The molecule has 1 aromatic heterocycles. The molecule has 2 unspecified atom stereocenters. The van der Waals surface area contributed by atoms with Crippen molar-refractivity contribution in [2.45, 2.75) is 31.5 Å². The molecule has 3 heteroatoms. The number of nitrogens with zero attached hydrogens (tertiary/aromatic N) is 2. The van der Waals surface area contributed by atoms with Gasteiger partial charge >= 0.3 is 0 Å². The van der Waals surface area contributed by atoms with Crippen LogP contribution in [-0.2, 0) is 11.3 Å². The molecule has 4 heterocycles. The van der Waals surface area contributed by atoms with Crippen LogP contribution in [0.2, 0.25) is 0 Å². The lowest BCUT2D eigenvalue weighted by Crippen LogP contribution is -2.67. The summed E-state index contributed by atoms with van der Waals surface area (Å²) in [5.74, 6) is 1.18. The van der Waals surface area contributed by atoms with Crippen LogP contribution < -0.4 is 0 Å². The Morgan fingerprint density at radius 2 is 1.60 bits per heavy atom. The van der Waals surface area contributed by atoms with Crippen LogP contribution in [0.4, 0.5) is 0 Å². The molecule has 0 N–H and O–H groups in total. The Balaban J connectivity index is 1.41. The summed E-state index contributed by atoms with van der Waals surface area (Å²) in [6.45, 7) is 12.1. The van der Waals surface area contributed by atoms with Gasteiger partial charge in [0.2, 0.25) is 0 Å². The monoisotopic (exact) mass is 525 g/mol. The number of rotatable bonds is 8. The first-order valence-corrected chi connectivity index (χ1v) is 14.6. The van der Waals surface area contributed by atoms with Gasteiger partial charge in [0, 0.05) is 35.9 Å². The van der Waals surface area contributed by atoms with E-state index in [1.165, 1.54) is 44.5 Å². The largest absolute Gasteiger partial charge is 0.363 e. The molecular weight excluding hydrogens is 488 g/mol. The number of aromatic nitrogens is 1. The number of hydrogen-bond acceptors (Lipinski definition) is 2. The zero-order chi connectivity index (χ0) is 27.1. The van der Waals surface area contributed by atoms with Crippen molar-refractivity contribution in [2.24, 2.45) is 11.8 Å². The van der Waals surface area contributed by atoms with Gasteiger partial charge in [-0.15, -0.1) is 13.2 Å². The molecule has 0 spiro atoms. The highest BCUT2D eigenvalue weighted by atomic mass is 16.5. The normalized spacial score (nSPS) is 24.9. The van der Waals surface area contributed by atoms with E-state index in [4.69, 9.17) is 4.74 Å². The molecule has 3 saturated heterocycles. The molecule has 5 atom stereocenters. The Bertz CT molecular complexity index is 1670. The first kappa shape index (κ1) is 25.2. The molecule has 3 fully saturated rings. The van der Waals surface area contributed by atoms with Gasteiger partial charge < -0.3 is 9.22 Å². The fourth-order valence-electron chi connectivity index (χ4n) is 7.90. The minimum Gasteiger partial charge on any atom is -0.363 e. The van der Waals surface area contributed by atoms with Crippen molar-refractivity contribution in [3.05, 3.63) is 128 Å². The Morgan fingerprint density at radius 3 is 2.33 bits per heavy atom. The smallest absolute Gasteiger partial charge is 0.135 e. The molecule has 4 aromatic carbocycles. The molecule has 3 nitrogen and oxygen atoms in total. The number of para-hydroxylation sites is 1. The summed E-state index contributed by atoms with van der Waals surface area (Å²) >= 11 is 0. The van der Waals surface area contributed by atoms with E-state index in [-0.39, 0.29) is 6.10 Å². The maximum Gasteiger partial charge on any atom is 0.135 e. The van der Waals surface area contributed by atoms with Gasteiger partial charge in [0.25, 0.3) is 0 Å². The second kappa shape index (κ2) is 10.3. The number of piperidine rings is 3. The van der Waals surface area contributed by atoms with Crippen molar-refractivity contribution in [3.8, 4) is 0 Å². The molecule has 40 heavy (non-hydrogen) atoms. The van der Waals surface area contributed by atoms with Gasteiger partial charge in [0.05, 0.1) is 25.2 Å². The minimum atomic E-state index is -0.0410. The molecule has 5 aromatic rings. The molecule has 3 aliphatic heterocycles. The zero-order valence-electron chi connectivity index (χ0n) is 23.1. The van der Waals surface area contributed by atoms with Crippen LogP contribution in [0.15, 0.2) is 116 Å². The van der Waals surface area contributed by atoms with E-state index in [0.717, 1.165) is 36.1 Å². The lowest BCUT2D eigenvalue weighted by Gasteiger charge is -2.58. The predicted molar refractivity (Wildman–Crippen MR) is 166 cm³/mol. The van der Waals surface area contributed by atoms with Crippen LogP contribution in [0.3, 0.4) is 0 Å². The quantitative estimate of drug-likeness (QED) is 0.115. The van der Waals surface area contributed by atoms with Crippen LogP contribution >= 0.6 is 0 Å². The summed E-state index contributed by atoms with van der Waals surface area (Å²) in [5.41, 5.74) is 3.74. The lowest BCUT2D eigenvalue weighted by molar-refractivity contribution is -0.984. The van der Waals surface area contributed by atoms with Gasteiger partial charge in [-0.1, -0.05) is 78.9 Å². The third-order valence-electron chi connectivity index (χ3n) is 9.76. The Kier molecular flexibility index (Phi) is 6.50. The van der Waals surface area contributed by atoms with Crippen LogP contribution in [0.25, 0.3) is 32.4 Å². The fraction of sp³-hybridized carbons (Fsp3) is 0.270. The predicted octanol–water partition coefficient (Wildman–Crippen LogP) is 8.40. The van der Waals surface area contributed by atoms with E-state index < -0.39 is 0 Å². The number of ether oxygens (including phenoxy) is 1. The lowest BCUT2D eigenvalue weighted by atomic mass is 9.70. The highest BCUT2D eigenvalue weighted by molar-refractivity contribution is 6.02. The van der Waals surface area contributed by atoms with E-state index in [0.29, 0.717) is 24.5 Å². The van der Waals surface area contributed by atoms with Gasteiger partial charge in [-0.25, -0.2) is 0 Å². The van der Waals surface area contributed by atoms with E-state index in [1.807, 2.05) is 12.3 Å². The van der Waals surface area contributed by atoms with Gasteiger partial charge in [0.1, 0.15) is 18.7 Å². The molecular formula is C37H37N2O+. The molecule has 3 aliphatic rings. The average Bonchev–Trinajstić information content (AvgIpc) is 3.01. The number of fused-ring (bicyclic) bond motifs is 6. The molecule has 0 radical (unpaired) electrons. The highest BCUT2D eigenvalue weighted by Gasteiger charge is 2.54. The Morgan fingerprint density at radius 1 is 0.900 bits per heavy atom. The van der Waals surface area contributed by atoms with Gasteiger partial charge in [-0.2, -0.15) is 0 Å². The van der Waals surface area contributed by atoms with Crippen molar-refractivity contribution in [2.75, 3.05) is 19.7 Å². The first-order chi connectivity index (χ1) is 19.7. The molecule has 200 valence electrons. The number of hydrogen-bond donors (Lipinski definition) is 0. The average molecular weight is 526 g/mol. The molecule has 8 rings (SSSR count). The van der Waals surface area contributed by atoms with Crippen molar-refractivity contribution in [1.29, 1.82) is 0 Å². The van der Waals surface area contributed by atoms with Crippen LogP contribution in [0, 0.1) is 11.8 Å². The van der Waals surface area contributed by atoms with Crippen LogP contribution in [0.5, 0.6) is 0 Å². The summed E-state index contributed by atoms with van der Waals surface area (Å²) in [6, 6.07) is 31.2. The summed E-state index contributed by atoms with van der Waals surface area (Å²) < 4.78 is 7.81. The SMILES string of the molecule is C=CCO[C@H](c1ccnc2ccccc12)[C@@H]1CC2CC[N@+]1(Cc1c3ccccc3cc3ccccc13)CC2C=C. The van der Waals surface area contributed by atoms with Crippen LogP contribution in [-0.4, -0.2) is 35.2 Å². The van der Waals surface area contributed by atoms with Crippen molar-refractivity contribution in [3.63, 3.8) is 0 Å². The summed E-state index contributed by atoms with van der Waals surface area (Å²) in [4.78, 5) is 4.68. The van der Waals surface area contributed by atoms with E-state index >= 15 is 0 Å². The van der Waals surface area contributed by atoms with Gasteiger partial charge in [-0.05, 0) is 51.2 Å². The topological polar surface area (TPSA) is 22.1 Å². The summed E-state index contributed by atoms with van der Waals surface area (Å²) in [7, 11) is 0. The maximum atomic E-state index is 6.80. The van der Waals surface area contributed by atoms with Gasteiger partial charge in [0.15, 0.2) is 0 Å². The van der Waals surface area contributed by atoms with E-state index in [1.54, 1.807) is 0 Å². The fourth-order valence-corrected chi connectivity index (χ4v) is 7.90. The third kappa shape index (κ3) is 4.16. The minimum absolute atomic E-state index is 0.0410. The second-order valence-corrected chi connectivity index (χ2v) is 11.8. The number of benzene rings is 4. The molecule has 2 bridgehead atoms. The third-order valence-corrected chi connectivity index (χ3v) is 9.76. The highest BCUT2D eigenvalue weighted by Crippen LogP contribution is 2.50. The first-order valence-electron chi connectivity index (χ1n) is 14.6. The van der Waals surface area contributed by atoms with E-state index in [2.05, 4.69) is 109 Å². The summed E-state index contributed by atoms with van der Waals surface area (Å²) in [6.07, 6.45) is 8.41. The zero-order valence-corrected chi connectivity index (χ0v) is 23.1. The number of quaternary nitrogens is 1. The van der Waals surface area contributed by atoms with Crippen LogP contribution in [0.1, 0.15) is 30.1 Å². The number of pyridine rings is 1.